The molecule has 1 saturated carbocycles. The first kappa shape index (κ1) is 18.0. The molecule has 9 heteroatoms. The summed E-state index contributed by atoms with van der Waals surface area (Å²) in [6, 6.07) is 2.27. The van der Waals surface area contributed by atoms with Crippen LogP contribution >= 0.6 is 0 Å². The van der Waals surface area contributed by atoms with Crippen molar-refractivity contribution in [3.8, 4) is 0 Å². The number of amides is 2. The predicted octanol–water partition coefficient (Wildman–Crippen LogP) is 1.10. The smallest absolute Gasteiger partial charge is 0.414 e. The standard InChI is InChI=1S/C18H21F2N3O4/c1-9(25)21-4-11-5-23(18(26)27-11)10-2-15(19)17(16(20)3-10)22-6-12-13(7-22)14(12)8-24/h2-3,11-14,24H,4-8H2,1H3,(H,21,25)/t11-,12?,13?,14?/m0/s1. The van der Waals surface area contributed by atoms with Gasteiger partial charge in [-0.15, -0.1) is 0 Å². The third-order valence-corrected chi connectivity index (χ3v) is 5.66. The largest absolute Gasteiger partial charge is 0.442 e. The van der Waals surface area contributed by atoms with E-state index in [0.29, 0.717) is 13.1 Å². The Morgan fingerprint density at radius 1 is 1.26 bits per heavy atom. The number of nitrogens with zero attached hydrogens (tertiary/aromatic N) is 2. The average Bonchev–Trinajstić information content (AvgIpc) is 2.92. The molecule has 3 atom stereocenters. The maximum Gasteiger partial charge on any atom is 0.414 e. The number of halogens is 2. The second-order valence-electron chi connectivity index (χ2n) is 7.39. The van der Waals surface area contributed by atoms with E-state index in [-0.39, 0.29) is 54.7 Å². The monoisotopic (exact) mass is 381 g/mol. The van der Waals surface area contributed by atoms with Crippen molar-refractivity contribution in [2.24, 2.45) is 17.8 Å². The van der Waals surface area contributed by atoms with E-state index < -0.39 is 23.8 Å². The van der Waals surface area contributed by atoms with Gasteiger partial charge in [-0.3, -0.25) is 9.69 Å². The zero-order chi connectivity index (χ0) is 19.3. The number of hydrogen-bond acceptors (Lipinski definition) is 5. The van der Waals surface area contributed by atoms with Crippen LogP contribution in [0.4, 0.5) is 25.0 Å². The summed E-state index contributed by atoms with van der Waals surface area (Å²) >= 11 is 0. The third-order valence-electron chi connectivity index (χ3n) is 5.66. The summed E-state index contributed by atoms with van der Waals surface area (Å²) in [5, 5.41) is 11.8. The molecule has 3 fully saturated rings. The van der Waals surface area contributed by atoms with Gasteiger partial charge in [-0.05, 0) is 17.8 Å². The fraction of sp³-hybridized carbons (Fsp3) is 0.556. The minimum absolute atomic E-state index is 0.0849. The summed E-state index contributed by atoms with van der Waals surface area (Å²) < 4.78 is 34.4. The lowest BCUT2D eigenvalue weighted by Gasteiger charge is -2.24. The van der Waals surface area contributed by atoms with Crippen LogP contribution in [0.3, 0.4) is 0 Å². The second kappa shape index (κ2) is 6.63. The molecule has 1 aliphatic carbocycles. The molecule has 0 radical (unpaired) electrons. The fourth-order valence-electron chi connectivity index (χ4n) is 4.21. The first-order valence-corrected chi connectivity index (χ1v) is 8.96. The summed E-state index contributed by atoms with van der Waals surface area (Å²) in [5.41, 5.74) is -0.00772. The average molecular weight is 381 g/mol. The van der Waals surface area contributed by atoms with Gasteiger partial charge in [0.15, 0.2) is 11.6 Å². The van der Waals surface area contributed by atoms with Crippen molar-refractivity contribution < 1.29 is 28.2 Å². The zero-order valence-corrected chi connectivity index (χ0v) is 14.8. The van der Waals surface area contributed by atoms with Crippen LogP contribution in [0.2, 0.25) is 0 Å². The van der Waals surface area contributed by atoms with Crippen LogP contribution in [0, 0.1) is 29.4 Å². The highest BCUT2D eigenvalue weighted by Gasteiger charge is 2.55. The Balaban J connectivity index is 1.48. The minimum Gasteiger partial charge on any atom is -0.442 e. The van der Waals surface area contributed by atoms with Crippen LogP contribution in [0.5, 0.6) is 0 Å². The third kappa shape index (κ3) is 3.20. The number of carbonyl (C=O) groups excluding carboxylic acids is 2. The summed E-state index contributed by atoms with van der Waals surface area (Å²) in [6.45, 7) is 2.75. The molecular weight excluding hydrogens is 360 g/mol. The number of fused-ring (bicyclic) bond motifs is 1. The SMILES string of the molecule is CC(=O)NC[C@H]1CN(c2cc(F)c(N3CC4C(CO)C4C3)c(F)c2)C(=O)O1. The summed E-state index contributed by atoms with van der Waals surface area (Å²) in [6.07, 6.45) is -1.28. The Labute approximate surface area is 154 Å². The lowest BCUT2D eigenvalue weighted by atomic mass is 10.2. The highest BCUT2D eigenvalue weighted by molar-refractivity contribution is 5.90. The molecular formula is C18H21F2N3O4. The van der Waals surface area contributed by atoms with E-state index in [9.17, 15) is 23.5 Å². The van der Waals surface area contributed by atoms with E-state index in [0.717, 1.165) is 17.0 Å². The number of hydrogen-bond donors (Lipinski definition) is 2. The molecule has 7 nitrogen and oxygen atoms in total. The van der Waals surface area contributed by atoms with E-state index in [1.54, 1.807) is 4.90 Å². The summed E-state index contributed by atoms with van der Waals surface area (Å²) in [4.78, 5) is 25.8. The molecule has 2 aliphatic heterocycles. The van der Waals surface area contributed by atoms with Gasteiger partial charge in [0.2, 0.25) is 5.91 Å². The van der Waals surface area contributed by atoms with Crippen LogP contribution < -0.4 is 15.1 Å². The van der Waals surface area contributed by atoms with Gasteiger partial charge >= 0.3 is 6.09 Å². The number of nitrogens with one attached hydrogen (secondary N) is 1. The molecule has 146 valence electrons. The Morgan fingerprint density at radius 2 is 1.89 bits per heavy atom. The van der Waals surface area contributed by atoms with Crippen LogP contribution in [0.25, 0.3) is 0 Å². The first-order valence-electron chi connectivity index (χ1n) is 8.96. The number of ether oxygens (including phenoxy) is 1. The number of rotatable bonds is 5. The van der Waals surface area contributed by atoms with Gasteiger partial charge in [-0.2, -0.15) is 0 Å². The normalized spacial score (nSPS) is 29.0. The Hall–Kier alpha value is -2.42. The molecule has 2 heterocycles. The molecule has 3 aliphatic rings. The molecule has 2 unspecified atom stereocenters. The van der Waals surface area contributed by atoms with E-state index >= 15 is 0 Å². The van der Waals surface area contributed by atoms with Crippen molar-refractivity contribution in [3.05, 3.63) is 23.8 Å². The van der Waals surface area contributed by atoms with Gasteiger partial charge < -0.3 is 20.1 Å². The number of aliphatic hydroxyl groups excluding tert-OH is 1. The molecule has 4 rings (SSSR count). The van der Waals surface area contributed by atoms with Gasteiger partial charge in [0.25, 0.3) is 0 Å². The van der Waals surface area contributed by atoms with Gasteiger partial charge in [-0.25, -0.2) is 13.6 Å². The molecule has 0 spiro atoms. The van der Waals surface area contributed by atoms with Crippen molar-refractivity contribution in [3.63, 3.8) is 0 Å². The number of cyclic esters (lactones) is 1. The van der Waals surface area contributed by atoms with Crippen LogP contribution in [0.15, 0.2) is 12.1 Å². The van der Waals surface area contributed by atoms with Gasteiger partial charge in [0.1, 0.15) is 11.8 Å². The molecule has 1 aromatic rings. The van der Waals surface area contributed by atoms with Crippen molar-refractivity contribution in [2.75, 3.05) is 42.6 Å². The van der Waals surface area contributed by atoms with Gasteiger partial charge in [0, 0.05) is 38.8 Å². The predicted molar refractivity (Wildman–Crippen MR) is 92.4 cm³/mol. The van der Waals surface area contributed by atoms with Crippen molar-refractivity contribution in [1.29, 1.82) is 0 Å². The maximum absolute atomic E-state index is 14.6. The zero-order valence-electron chi connectivity index (χ0n) is 14.8. The number of benzene rings is 1. The van der Waals surface area contributed by atoms with Gasteiger partial charge in [0.05, 0.1) is 18.8 Å². The summed E-state index contributed by atoms with van der Waals surface area (Å²) in [5.74, 6) is -0.896. The number of aliphatic hydroxyl groups is 1. The lowest BCUT2D eigenvalue weighted by molar-refractivity contribution is -0.119. The van der Waals surface area contributed by atoms with E-state index in [1.165, 1.54) is 6.92 Å². The Morgan fingerprint density at radius 3 is 2.44 bits per heavy atom. The number of carbonyl (C=O) groups is 2. The molecule has 2 N–H and O–H groups in total. The van der Waals surface area contributed by atoms with Crippen molar-refractivity contribution >= 4 is 23.4 Å². The highest BCUT2D eigenvalue weighted by Crippen LogP contribution is 2.52. The molecule has 0 aromatic heterocycles. The van der Waals surface area contributed by atoms with Crippen molar-refractivity contribution in [1.82, 2.24) is 5.32 Å². The minimum atomic E-state index is -0.732. The van der Waals surface area contributed by atoms with E-state index in [2.05, 4.69) is 5.32 Å². The number of anilines is 2. The first-order chi connectivity index (χ1) is 12.9. The highest BCUT2D eigenvalue weighted by atomic mass is 19.1. The molecule has 0 bridgehead atoms. The van der Waals surface area contributed by atoms with Crippen molar-refractivity contribution in [2.45, 2.75) is 13.0 Å². The van der Waals surface area contributed by atoms with E-state index in [1.807, 2.05) is 0 Å². The molecule has 1 aromatic carbocycles. The Kier molecular flexibility index (Phi) is 4.41. The van der Waals surface area contributed by atoms with Crippen LogP contribution in [0.1, 0.15) is 6.92 Å². The number of piperidine rings is 1. The quantitative estimate of drug-likeness (QED) is 0.798. The van der Waals surface area contributed by atoms with Gasteiger partial charge in [-0.1, -0.05) is 0 Å². The van der Waals surface area contributed by atoms with Crippen LogP contribution in [-0.4, -0.2) is 56.0 Å². The topological polar surface area (TPSA) is 82.1 Å². The fourth-order valence-corrected chi connectivity index (χ4v) is 4.21. The molecule has 27 heavy (non-hydrogen) atoms. The Bertz CT molecular complexity index is 755. The lowest BCUT2D eigenvalue weighted by Crippen LogP contribution is -2.33. The second-order valence-corrected chi connectivity index (χ2v) is 7.39. The van der Waals surface area contributed by atoms with E-state index in [4.69, 9.17) is 4.74 Å². The van der Waals surface area contributed by atoms with Crippen LogP contribution in [-0.2, 0) is 9.53 Å². The summed E-state index contributed by atoms with van der Waals surface area (Å²) in [7, 11) is 0. The molecule has 2 saturated heterocycles. The maximum atomic E-state index is 14.6. The molecule has 2 amide bonds.